The number of amides is 1. The van der Waals surface area contributed by atoms with Gasteiger partial charge in [0.05, 0.1) is 0 Å². The third kappa shape index (κ3) is 6.88. The maximum absolute atomic E-state index is 11.5. The van der Waals surface area contributed by atoms with Gasteiger partial charge in [0.15, 0.2) is 0 Å². The summed E-state index contributed by atoms with van der Waals surface area (Å²) in [7, 11) is 0. The zero-order valence-corrected chi connectivity index (χ0v) is 10.3. The van der Waals surface area contributed by atoms with E-state index in [-0.39, 0.29) is 12.3 Å². The second-order valence-corrected chi connectivity index (χ2v) is 4.53. The summed E-state index contributed by atoms with van der Waals surface area (Å²) >= 11 is 0. The van der Waals surface area contributed by atoms with Gasteiger partial charge in [-0.05, 0) is 27.7 Å². The highest BCUT2D eigenvalue weighted by Gasteiger charge is 2.22. The number of carbonyl (C=O) groups is 2. The van der Waals surface area contributed by atoms with Crippen molar-refractivity contribution < 1.29 is 14.3 Å². The normalized spacial score (nSPS) is 12.4. The molecule has 0 saturated heterocycles. The van der Waals surface area contributed by atoms with Gasteiger partial charge in [0.25, 0.3) is 0 Å². The van der Waals surface area contributed by atoms with Crippen LogP contribution in [0.3, 0.4) is 0 Å². The molecule has 0 spiro atoms. The molecule has 0 rings (SSSR count). The molecule has 16 heavy (non-hydrogen) atoms. The van der Waals surface area contributed by atoms with Gasteiger partial charge < -0.3 is 10.1 Å². The van der Waals surface area contributed by atoms with Crippen molar-refractivity contribution in [2.75, 3.05) is 0 Å². The van der Waals surface area contributed by atoms with Crippen molar-refractivity contribution in [1.29, 1.82) is 0 Å². The number of hydrogen-bond donors (Lipinski definition) is 1. The number of terminal acetylenes is 1. The van der Waals surface area contributed by atoms with Crippen LogP contribution < -0.4 is 5.32 Å². The summed E-state index contributed by atoms with van der Waals surface area (Å²) in [4.78, 5) is 22.8. The maximum atomic E-state index is 11.5. The molecule has 0 bridgehead atoms. The van der Waals surface area contributed by atoms with Gasteiger partial charge in [-0.15, -0.1) is 12.3 Å². The summed E-state index contributed by atoms with van der Waals surface area (Å²) in [5.41, 5.74) is -0.547. The van der Waals surface area contributed by atoms with Gasteiger partial charge >= 0.3 is 5.97 Å². The Bertz CT molecular complexity index is 296. The van der Waals surface area contributed by atoms with E-state index < -0.39 is 17.6 Å². The lowest BCUT2D eigenvalue weighted by Crippen LogP contribution is -2.42. The molecular weight excluding hydrogens is 206 g/mol. The molecule has 0 aliphatic carbocycles. The minimum Gasteiger partial charge on any atom is -0.458 e. The quantitative estimate of drug-likeness (QED) is 0.578. The number of rotatable bonds is 4. The zero-order valence-electron chi connectivity index (χ0n) is 10.3. The van der Waals surface area contributed by atoms with Crippen molar-refractivity contribution >= 4 is 11.9 Å². The highest BCUT2D eigenvalue weighted by Crippen LogP contribution is 2.08. The largest absolute Gasteiger partial charge is 0.458 e. The Labute approximate surface area is 96.7 Å². The van der Waals surface area contributed by atoms with Crippen LogP contribution in [0.1, 0.15) is 40.5 Å². The van der Waals surface area contributed by atoms with E-state index in [9.17, 15) is 9.59 Å². The fourth-order valence-corrected chi connectivity index (χ4v) is 0.948. The first-order valence-corrected chi connectivity index (χ1v) is 5.22. The zero-order chi connectivity index (χ0) is 12.8. The number of carbonyl (C=O) groups excluding carboxylic acids is 2. The molecular formula is C12H19NO3. The Morgan fingerprint density at radius 2 is 2.00 bits per heavy atom. The van der Waals surface area contributed by atoms with Crippen LogP contribution in [0, 0.1) is 12.3 Å². The van der Waals surface area contributed by atoms with Crippen LogP contribution in [0.15, 0.2) is 0 Å². The fraction of sp³-hybridized carbons (Fsp3) is 0.667. The number of ether oxygens (including phenoxy) is 1. The minimum absolute atomic E-state index is 0.226. The lowest BCUT2D eigenvalue weighted by atomic mass is 10.2. The van der Waals surface area contributed by atoms with E-state index in [4.69, 9.17) is 11.2 Å². The lowest BCUT2D eigenvalue weighted by Gasteiger charge is -2.22. The first-order chi connectivity index (χ1) is 7.26. The van der Waals surface area contributed by atoms with Crippen LogP contribution in [-0.4, -0.2) is 23.5 Å². The van der Waals surface area contributed by atoms with E-state index in [0.717, 1.165) is 0 Å². The molecule has 0 saturated carbocycles. The highest BCUT2D eigenvalue weighted by atomic mass is 16.6. The third-order valence-corrected chi connectivity index (χ3v) is 1.63. The second-order valence-electron chi connectivity index (χ2n) is 4.53. The summed E-state index contributed by atoms with van der Waals surface area (Å²) < 4.78 is 5.11. The van der Waals surface area contributed by atoms with Gasteiger partial charge in [0, 0.05) is 12.8 Å². The van der Waals surface area contributed by atoms with Crippen molar-refractivity contribution in [2.45, 2.75) is 52.2 Å². The molecule has 4 heteroatoms. The number of nitrogens with one attached hydrogen (secondary N) is 1. The van der Waals surface area contributed by atoms with Gasteiger partial charge in [0.2, 0.25) is 5.91 Å². The van der Waals surface area contributed by atoms with Crippen LogP contribution >= 0.6 is 0 Å². The minimum atomic E-state index is -0.649. The first-order valence-electron chi connectivity index (χ1n) is 5.22. The van der Waals surface area contributed by atoms with Crippen LogP contribution in [0.25, 0.3) is 0 Å². The van der Waals surface area contributed by atoms with E-state index in [2.05, 4.69) is 11.2 Å². The molecule has 0 aliphatic heterocycles. The molecule has 0 aliphatic rings. The topological polar surface area (TPSA) is 55.4 Å². The van der Waals surface area contributed by atoms with Gasteiger partial charge in [0.1, 0.15) is 11.6 Å². The standard InChI is InChI=1S/C12H19NO3/c1-6-7-8-10(14)13-9(2)11(15)16-12(3,4)5/h1,9H,7-8H2,2-5H3,(H,13,14)/t9-/m0/s1. The van der Waals surface area contributed by atoms with E-state index in [0.29, 0.717) is 6.42 Å². The summed E-state index contributed by atoms with van der Waals surface area (Å²) in [6.07, 6.45) is 5.62. The molecule has 1 N–H and O–H groups in total. The van der Waals surface area contributed by atoms with Crippen molar-refractivity contribution in [2.24, 2.45) is 0 Å². The first kappa shape index (κ1) is 14.5. The maximum Gasteiger partial charge on any atom is 0.328 e. The average molecular weight is 225 g/mol. The predicted octanol–water partition coefficient (Wildman–Crippen LogP) is 1.25. The van der Waals surface area contributed by atoms with Crippen LogP contribution in [0.2, 0.25) is 0 Å². The van der Waals surface area contributed by atoms with Crippen molar-refractivity contribution in [3.8, 4) is 12.3 Å². The second kappa shape index (κ2) is 6.16. The van der Waals surface area contributed by atoms with Crippen molar-refractivity contribution in [3.05, 3.63) is 0 Å². The number of hydrogen-bond acceptors (Lipinski definition) is 3. The molecule has 1 atom stereocenters. The molecule has 0 unspecified atom stereocenters. The Kier molecular flexibility index (Phi) is 5.59. The van der Waals surface area contributed by atoms with E-state index >= 15 is 0 Å². The molecule has 90 valence electrons. The Morgan fingerprint density at radius 3 is 2.44 bits per heavy atom. The summed E-state index contributed by atoms with van der Waals surface area (Å²) in [6, 6.07) is -0.649. The molecule has 0 fully saturated rings. The molecule has 0 aromatic carbocycles. The summed E-state index contributed by atoms with van der Waals surface area (Å²) in [5.74, 6) is 1.68. The smallest absolute Gasteiger partial charge is 0.328 e. The Balaban J connectivity index is 4.06. The van der Waals surface area contributed by atoms with E-state index in [1.165, 1.54) is 0 Å². The molecule has 4 nitrogen and oxygen atoms in total. The van der Waals surface area contributed by atoms with Gasteiger partial charge in [-0.3, -0.25) is 4.79 Å². The highest BCUT2D eigenvalue weighted by molar-refractivity contribution is 5.84. The fourth-order valence-electron chi connectivity index (χ4n) is 0.948. The summed E-state index contributed by atoms with van der Waals surface area (Å²) in [5, 5.41) is 2.53. The lowest BCUT2D eigenvalue weighted by molar-refractivity contribution is -0.158. The van der Waals surface area contributed by atoms with Gasteiger partial charge in [-0.1, -0.05) is 0 Å². The molecule has 0 radical (unpaired) electrons. The van der Waals surface area contributed by atoms with E-state index in [1.807, 2.05) is 0 Å². The molecule has 0 aromatic heterocycles. The third-order valence-electron chi connectivity index (χ3n) is 1.63. The van der Waals surface area contributed by atoms with Gasteiger partial charge in [-0.2, -0.15) is 0 Å². The SMILES string of the molecule is C#CCCC(=O)N[C@@H](C)C(=O)OC(C)(C)C. The van der Waals surface area contributed by atoms with Crippen LogP contribution in [0.4, 0.5) is 0 Å². The van der Waals surface area contributed by atoms with Crippen molar-refractivity contribution in [3.63, 3.8) is 0 Å². The summed E-state index contributed by atoms with van der Waals surface area (Å²) in [6.45, 7) is 6.91. The monoisotopic (exact) mass is 225 g/mol. The Morgan fingerprint density at radius 1 is 1.44 bits per heavy atom. The molecule has 0 heterocycles. The predicted molar refractivity (Wildman–Crippen MR) is 61.5 cm³/mol. The molecule has 1 amide bonds. The molecule has 0 aromatic rings. The van der Waals surface area contributed by atoms with Crippen LogP contribution in [-0.2, 0) is 14.3 Å². The number of esters is 1. The van der Waals surface area contributed by atoms with Crippen LogP contribution in [0.5, 0.6) is 0 Å². The average Bonchev–Trinajstić information content (AvgIpc) is 2.11. The van der Waals surface area contributed by atoms with Crippen molar-refractivity contribution in [1.82, 2.24) is 5.32 Å². The van der Waals surface area contributed by atoms with Gasteiger partial charge in [-0.25, -0.2) is 4.79 Å². The Hall–Kier alpha value is -1.50. The van der Waals surface area contributed by atoms with E-state index in [1.54, 1.807) is 27.7 Å².